The largest absolute Gasteiger partial charge is 0.314 e. The van der Waals surface area contributed by atoms with E-state index < -0.39 is 0 Å². The van der Waals surface area contributed by atoms with Crippen molar-refractivity contribution in [1.82, 2.24) is 5.32 Å². The van der Waals surface area contributed by atoms with Crippen molar-refractivity contribution in [2.75, 3.05) is 6.54 Å². The van der Waals surface area contributed by atoms with Gasteiger partial charge in [-0.1, -0.05) is 20.8 Å². The molecule has 1 aliphatic rings. The first-order chi connectivity index (χ1) is 7.03. The summed E-state index contributed by atoms with van der Waals surface area (Å²) in [5.41, 5.74) is 0.515. The highest BCUT2D eigenvalue weighted by molar-refractivity contribution is 4.87. The zero-order valence-corrected chi connectivity index (χ0v) is 10.5. The predicted octanol–water partition coefficient (Wildman–Crippen LogP) is 3.20. The van der Waals surface area contributed by atoms with Crippen LogP contribution in [-0.4, -0.2) is 12.6 Å². The lowest BCUT2D eigenvalue weighted by atomic mass is 9.70. The molecule has 0 heterocycles. The van der Waals surface area contributed by atoms with Crippen molar-refractivity contribution in [2.24, 2.45) is 11.3 Å². The lowest BCUT2D eigenvalue weighted by Gasteiger charge is -2.39. The fourth-order valence-electron chi connectivity index (χ4n) is 3.00. The molecule has 1 heteroatoms. The Balaban J connectivity index is 2.27. The second-order valence-electron chi connectivity index (χ2n) is 5.87. The van der Waals surface area contributed by atoms with Gasteiger partial charge in [0.1, 0.15) is 0 Å². The number of unbranched alkanes of at least 4 members (excludes halogenated alkanes) is 1. The molecule has 0 radical (unpaired) electrons. The quantitative estimate of drug-likeness (QED) is 0.551. The highest BCUT2D eigenvalue weighted by atomic mass is 14.9. The maximum Gasteiger partial charge on any atom is 0.00981 e. The SMILES string of the molecule is C#CCCCNC1CC(C)CC(C)(C)C1. The van der Waals surface area contributed by atoms with E-state index in [1.165, 1.54) is 19.3 Å². The van der Waals surface area contributed by atoms with Gasteiger partial charge in [0.2, 0.25) is 0 Å². The van der Waals surface area contributed by atoms with Gasteiger partial charge < -0.3 is 5.32 Å². The predicted molar refractivity (Wildman–Crippen MR) is 66.7 cm³/mol. The molecule has 1 aliphatic carbocycles. The Kier molecular flexibility index (Phi) is 4.67. The smallest absolute Gasteiger partial charge is 0.00981 e. The van der Waals surface area contributed by atoms with E-state index in [0.717, 1.165) is 25.3 Å². The molecule has 0 aromatic rings. The van der Waals surface area contributed by atoms with Crippen molar-refractivity contribution in [3.8, 4) is 12.3 Å². The Morgan fingerprint density at radius 3 is 2.73 bits per heavy atom. The maximum absolute atomic E-state index is 5.24. The minimum absolute atomic E-state index is 0.515. The van der Waals surface area contributed by atoms with Crippen LogP contribution in [0.15, 0.2) is 0 Å². The average Bonchev–Trinajstić information content (AvgIpc) is 2.09. The molecule has 1 saturated carbocycles. The molecule has 1 fully saturated rings. The summed E-state index contributed by atoms with van der Waals surface area (Å²) in [6.07, 6.45) is 11.3. The molecule has 1 nitrogen and oxygen atoms in total. The minimum atomic E-state index is 0.515. The van der Waals surface area contributed by atoms with Crippen LogP contribution >= 0.6 is 0 Å². The molecule has 0 bridgehead atoms. The Morgan fingerprint density at radius 1 is 1.40 bits per heavy atom. The number of nitrogens with one attached hydrogen (secondary N) is 1. The van der Waals surface area contributed by atoms with Crippen LogP contribution in [0.3, 0.4) is 0 Å². The summed E-state index contributed by atoms with van der Waals surface area (Å²) in [4.78, 5) is 0. The van der Waals surface area contributed by atoms with Crippen molar-refractivity contribution in [1.29, 1.82) is 0 Å². The molecular weight excluding hydrogens is 182 g/mol. The van der Waals surface area contributed by atoms with E-state index in [1.54, 1.807) is 0 Å². The molecule has 0 aliphatic heterocycles. The summed E-state index contributed by atoms with van der Waals surface area (Å²) >= 11 is 0. The van der Waals surface area contributed by atoms with Crippen LogP contribution in [-0.2, 0) is 0 Å². The van der Waals surface area contributed by atoms with E-state index in [9.17, 15) is 0 Å². The van der Waals surface area contributed by atoms with E-state index in [4.69, 9.17) is 6.42 Å². The van der Waals surface area contributed by atoms with Gasteiger partial charge in [-0.15, -0.1) is 12.3 Å². The number of hydrogen-bond donors (Lipinski definition) is 1. The summed E-state index contributed by atoms with van der Waals surface area (Å²) in [6.45, 7) is 8.23. The van der Waals surface area contributed by atoms with Crippen LogP contribution in [0.2, 0.25) is 0 Å². The van der Waals surface area contributed by atoms with E-state index >= 15 is 0 Å². The van der Waals surface area contributed by atoms with Gasteiger partial charge in [0.15, 0.2) is 0 Å². The molecule has 0 saturated heterocycles. The number of rotatable bonds is 4. The molecule has 2 unspecified atom stereocenters. The monoisotopic (exact) mass is 207 g/mol. The van der Waals surface area contributed by atoms with E-state index in [1.807, 2.05) is 0 Å². The van der Waals surface area contributed by atoms with Gasteiger partial charge in [-0.3, -0.25) is 0 Å². The molecule has 15 heavy (non-hydrogen) atoms. The fourth-order valence-corrected chi connectivity index (χ4v) is 3.00. The van der Waals surface area contributed by atoms with Crippen molar-refractivity contribution >= 4 is 0 Å². The maximum atomic E-state index is 5.24. The molecule has 0 spiro atoms. The Bertz CT molecular complexity index is 224. The molecule has 0 aromatic heterocycles. The van der Waals surface area contributed by atoms with Gasteiger partial charge >= 0.3 is 0 Å². The summed E-state index contributed by atoms with van der Waals surface area (Å²) in [6, 6.07) is 0.710. The lowest BCUT2D eigenvalue weighted by molar-refractivity contribution is 0.151. The highest BCUT2D eigenvalue weighted by Gasteiger charge is 2.31. The molecule has 2 atom stereocenters. The van der Waals surface area contributed by atoms with Crippen molar-refractivity contribution in [3.05, 3.63) is 0 Å². The van der Waals surface area contributed by atoms with E-state index in [0.29, 0.717) is 11.5 Å². The minimum Gasteiger partial charge on any atom is -0.314 e. The van der Waals surface area contributed by atoms with Crippen molar-refractivity contribution in [2.45, 2.75) is 58.9 Å². The number of hydrogen-bond acceptors (Lipinski definition) is 1. The zero-order valence-electron chi connectivity index (χ0n) is 10.5. The van der Waals surface area contributed by atoms with Crippen LogP contribution in [0.4, 0.5) is 0 Å². The Morgan fingerprint density at radius 2 is 2.13 bits per heavy atom. The third kappa shape index (κ3) is 4.71. The van der Waals surface area contributed by atoms with Crippen LogP contribution in [0.1, 0.15) is 52.9 Å². The molecule has 1 N–H and O–H groups in total. The first-order valence-electron chi connectivity index (χ1n) is 6.20. The van der Waals surface area contributed by atoms with Crippen molar-refractivity contribution in [3.63, 3.8) is 0 Å². The van der Waals surface area contributed by atoms with Gasteiger partial charge in [0, 0.05) is 12.5 Å². The molecule has 0 aromatic carbocycles. The second-order valence-corrected chi connectivity index (χ2v) is 5.87. The second kappa shape index (κ2) is 5.56. The summed E-state index contributed by atoms with van der Waals surface area (Å²) in [5.74, 6) is 3.55. The van der Waals surface area contributed by atoms with Gasteiger partial charge in [-0.05, 0) is 43.6 Å². The van der Waals surface area contributed by atoms with E-state index in [2.05, 4.69) is 32.0 Å². The van der Waals surface area contributed by atoms with Gasteiger partial charge in [-0.25, -0.2) is 0 Å². The molecule has 86 valence electrons. The molecular formula is C14H25N. The van der Waals surface area contributed by atoms with Crippen LogP contribution in [0.25, 0.3) is 0 Å². The first kappa shape index (κ1) is 12.6. The molecule has 0 amide bonds. The third-order valence-electron chi connectivity index (χ3n) is 3.32. The van der Waals surface area contributed by atoms with E-state index in [-0.39, 0.29) is 0 Å². The summed E-state index contributed by atoms with van der Waals surface area (Å²) in [7, 11) is 0. The van der Waals surface area contributed by atoms with Gasteiger partial charge in [0.05, 0.1) is 0 Å². The fraction of sp³-hybridized carbons (Fsp3) is 0.857. The Labute approximate surface area is 95.0 Å². The van der Waals surface area contributed by atoms with Crippen molar-refractivity contribution < 1.29 is 0 Å². The normalized spacial score (nSPS) is 29.7. The Hall–Kier alpha value is -0.480. The standard InChI is InChI=1S/C14H25N/c1-5-6-7-8-15-13-9-12(2)10-14(3,4)11-13/h1,12-13,15H,6-11H2,2-4H3. The van der Waals surface area contributed by atoms with Gasteiger partial charge in [-0.2, -0.15) is 0 Å². The van der Waals surface area contributed by atoms with Crippen LogP contribution < -0.4 is 5.32 Å². The third-order valence-corrected chi connectivity index (χ3v) is 3.32. The highest BCUT2D eigenvalue weighted by Crippen LogP contribution is 2.38. The topological polar surface area (TPSA) is 12.0 Å². The van der Waals surface area contributed by atoms with Crippen LogP contribution in [0, 0.1) is 23.7 Å². The molecule has 1 rings (SSSR count). The van der Waals surface area contributed by atoms with Gasteiger partial charge in [0.25, 0.3) is 0 Å². The number of terminal acetylenes is 1. The summed E-state index contributed by atoms with van der Waals surface area (Å²) in [5, 5.41) is 3.65. The lowest BCUT2D eigenvalue weighted by Crippen LogP contribution is -2.40. The average molecular weight is 207 g/mol. The first-order valence-corrected chi connectivity index (χ1v) is 6.20. The van der Waals surface area contributed by atoms with Crippen LogP contribution in [0.5, 0.6) is 0 Å². The zero-order chi connectivity index (χ0) is 11.3. The summed E-state index contributed by atoms with van der Waals surface area (Å²) < 4.78 is 0.